The normalized spacial score (nSPS) is 10.7. The van der Waals surface area contributed by atoms with Crippen LogP contribution >= 0.6 is 15.9 Å². The van der Waals surface area contributed by atoms with Crippen LogP contribution in [0.3, 0.4) is 0 Å². The molecule has 0 aliphatic heterocycles. The van der Waals surface area contributed by atoms with Gasteiger partial charge in [-0.3, -0.25) is 9.48 Å². The number of aromatic amines is 1. The number of methoxy groups -OCH3 is 1. The smallest absolute Gasteiger partial charge is 0.234 e. The Labute approximate surface area is 105 Å². The number of hydrogen-bond donors (Lipinski definition) is 1. The number of carbonyl (C=O) groups excluding carboxylic acids is 1. The molecule has 90 valence electrons. The summed E-state index contributed by atoms with van der Waals surface area (Å²) in [5.74, 6) is -0.237. The van der Waals surface area contributed by atoms with Crippen molar-refractivity contribution in [3.63, 3.8) is 0 Å². The molecule has 0 bridgehead atoms. The van der Waals surface area contributed by atoms with Crippen molar-refractivity contribution in [1.29, 1.82) is 0 Å². The lowest BCUT2D eigenvalue weighted by molar-refractivity contribution is 0.102. The number of nitrogens with one attached hydrogen (secondary N) is 1. The number of halogens is 1. The van der Waals surface area contributed by atoms with E-state index in [-0.39, 0.29) is 11.5 Å². The van der Waals surface area contributed by atoms with Crippen molar-refractivity contribution in [1.82, 2.24) is 25.2 Å². The Morgan fingerprint density at radius 1 is 1.59 bits per heavy atom. The first-order valence-corrected chi connectivity index (χ1v) is 5.64. The van der Waals surface area contributed by atoms with Gasteiger partial charge in [0.2, 0.25) is 5.78 Å². The van der Waals surface area contributed by atoms with Gasteiger partial charge in [-0.15, -0.1) is 0 Å². The second kappa shape index (κ2) is 5.19. The molecule has 0 saturated carbocycles. The molecule has 2 rings (SSSR count). The van der Waals surface area contributed by atoms with E-state index in [4.69, 9.17) is 4.74 Å². The van der Waals surface area contributed by atoms with Gasteiger partial charge < -0.3 is 4.74 Å². The number of ketones is 1. The Morgan fingerprint density at radius 3 is 3.06 bits per heavy atom. The molecule has 2 aromatic heterocycles. The minimum atomic E-state index is -0.237. The first-order valence-electron chi connectivity index (χ1n) is 4.84. The lowest BCUT2D eigenvalue weighted by Crippen LogP contribution is -2.15. The van der Waals surface area contributed by atoms with Crippen molar-refractivity contribution in [2.45, 2.75) is 6.54 Å². The molecule has 0 aromatic carbocycles. The zero-order valence-corrected chi connectivity index (χ0v) is 10.6. The Balaban J connectivity index is 2.31. The maximum atomic E-state index is 12.1. The van der Waals surface area contributed by atoms with Gasteiger partial charge in [0.25, 0.3) is 0 Å². The van der Waals surface area contributed by atoms with Crippen LogP contribution in [0.5, 0.6) is 0 Å². The third-order valence-electron chi connectivity index (χ3n) is 2.16. The van der Waals surface area contributed by atoms with Crippen LogP contribution in [0.2, 0.25) is 0 Å². The van der Waals surface area contributed by atoms with Crippen LogP contribution in [-0.4, -0.2) is 44.7 Å². The number of nitrogens with zero attached hydrogens (tertiary/aromatic N) is 4. The van der Waals surface area contributed by atoms with Gasteiger partial charge in [0.15, 0.2) is 5.69 Å². The van der Waals surface area contributed by atoms with Crippen molar-refractivity contribution in [2.75, 3.05) is 13.7 Å². The van der Waals surface area contributed by atoms with Crippen LogP contribution in [0.1, 0.15) is 16.2 Å². The molecule has 1 N–H and O–H groups in total. The van der Waals surface area contributed by atoms with E-state index in [0.717, 1.165) is 0 Å². The summed E-state index contributed by atoms with van der Waals surface area (Å²) in [4.78, 5) is 12.1. The van der Waals surface area contributed by atoms with Crippen LogP contribution in [-0.2, 0) is 11.3 Å². The van der Waals surface area contributed by atoms with Gasteiger partial charge in [-0.1, -0.05) is 0 Å². The van der Waals surface area contributed by atoms with E-state index in [1.54, 1.807) is 18.0 Å². The minimum absolute atomic E-state index is 0.237. The molecule has 7 nitrogen and oxygen atoms in total. The lowest BCUT2D eigenvalue weighted by atomic mass is 10.2. The molecule has 0 atom stereocenters. The van der Waals surface area contributed by atoms with Crippen LogP contribution in [0, 0.1) is 0 Å². The predicted octanol–water partition coefficient (Wildman–Crippen LogP) is 0.641. The van der Waals surface area contributed by atoms with Gasteiger partial charge in [-0.05, 0) is 15.9 Å². The number of ether oxygens (including phenoxy) is 1. The highest BCUT2D eigenvalue weighted by atomic mass is 79.9. The number of aromatic nitrogens is 5. The Bertz CT molecular complexity index is 507. The number of hydrogen-bond acceptors (Lipinski definition) is 5. The minimum Gasteiger partial charge on any atom is -0.383 e. The Morgan fingerprint density at radius 2 is 2.41 bits per heavy atom. The monoisotopic (exact) mass is 299 g/mol. The Kier molecular flexibility index (Phi) is 3.64. The molecule has 0 aliphatic rings. The molecule has 0 unspecified atom stereocenters. The SMILES string of the molecule is COCCn1ncc(Br)c1C(=O)c1cn[nH]n1. The molecular formula is C9H10BrN5O2. The van der Waals surface area contributed by atoms with E-state index in [9.17, 15) is 4.79 Å². The first kappa shape index (κ1) is 11.9. The topological polar surface area (TPSA) is 85.7 Å². The van der Waals surface area contributed by atoms with E-state index in [1.807, 2.05) is 0 Å². The van der Waals surface area contributed by atoms with Crippen molar-refractivity contribution in [2.24, 2.45) is 0 Å². The summed E-state index contributed by atoms with van der Waals surface area (Å²) in [5.41, 5.74) is 0.695. The third-order valence-corrected chi connectivity index (χ3v) is 2.75. The fourth-order valence-corrected chi connectivity index (χ4v) is 1.84. The van der Waals surface area contributed by atoms with Crippen LogP contribution in [0.4, 0.5) is 0 Å². The fourth-order valence-electron chi connectivity index (χ4n) is 1.37. The van der Waals surface area contributed by atoms with Gasteiger partial charge in [-0.2, -0.15) is 20.5 Å². The first-order chi connectivity index (χ1) is 8.24. The van der Waals surface area contributed by atoms with Crippen molar-refractivity contribution in [3.8, 4) is 0 Å². The summed E-state index contributed by atoms with van der Waals surface area (Å²) < 4.78 is 7.16. The standard InChI is InChI=1S/C9H10BrN5O2/c1-17-3-2-15-8(6(10)4-12-15)9(16)7-5-11-14-13-7/h4-5H,2-3H2,1H3,(H,11,13,14). The van der Waals surface area contributed by atoms with Gasteiger partial charge in [0.1, 0.15) is 5.69 Å². The number of H-pyrrole nitrogens is 1. The van der Waals surface area contributed by atoms with Gasteiger partial charge in [-0.25, -0.2) is 0 Å². The molecule has 17 heavy (non-hydrogen) atoms. The van der Waals surface area contributed by atoms with Gasteiger partial charge in [0.05, 0.1) is 30.0 Å². The zero-order valence-electron chi connectivity index (χ0n) is 9.05. The number of carbonyl (C=O) groups is 1. The highest BCUT2D eigenvalue weighted by Gasteiger charge is 2.20. The molecule has 2 aromatic rings. The van der Waals surface area contributed by atoms with Crippen LogP contribution < -0.4 is 0 Å². The third kappa shape index (κ3) is 2.42. The molecule has 0 fully saturated rings. The molecule has 2 heterocycles. The average Bonchev–Trinajstić information content (AvgIpc) is 2.95. The fraction of sp³-hybridized carbons (Fsp3) is 0.333. The molecule has 8 heteroatoms. The summed E-state index contributed by atoms with van der Waals surface area (Å²) >= 11 is 3.29. The summed E-state index contributed by atoms with van der Waals surface area (Å²) in [7, 11) is 1.59. The molecule has 0 saturated heterocycles. The second-order valence-electron chi connectivity index (χ2n) is 3.24. The van der Waals surface area contributed by atoms with Crippen LogP contribution in [0.15, 0.2) is 16.9 Å². The zero-order chi connectivity index (χ0) is 12.3. The molecule has 0 spiro atoms. The van der Waals surface area contributed by atoms with Crippen molar-refractivity contribution in [3.05, 3.63) is 28.3 Å². The quantitative estimate of drug-likeness (QED) is 0.819. The maximum absolute atomic E-state index is 12.1. The summed E-state index contributed by atoms with van der Waals surface area (Å²) in [6, 6.07) is 0. The maximum Gasteiger partial charge on any atom is 0.234 e. The molecule has 0 amide bonds. The molecule has 0 aliphatic carbocycles. The Hall–Kier alpha value is -1.54. The van der Waals surface area contributed by atoms with E-state index in [1.165, 1.54) is 6.20 Å². The largest absolute Gasteiger partial charge is 0.383 e. The van der Waals surface area contributed by atoms with Crippen molar-refractivity contribution >= 4 is 21.7 Å². The van der Waals surface area contributed by atoms with E-state index >= 15 is 0 Å². The van der Waals surface area contributed by atoms with E-state index < -0.39 is 0 Å². The van der Waals surface area contributed by atoms with Gasteiger partial charge >= 0.3 is 0 Å². The summed E-state index contributed by atoms with van der Waals surface area (Å²) in [5, 5.41) is 13.9. The van der Waals surface area contributed by atoms with Gasteiger partial charge in [0, 0.05) is 7.11 Å². The summed E-state index contributed by atoms with van der Waals surface area (Å²) in [6.45, 7) is 0.980. The summed E-state index contributed by atoms with van der Waals surface area (Å²) in [6.07, 6.45) is 2.95. The van der Waals surface area contributed by atoms with E-state index in [0.29, 0.717) is 23.3 Å². The molecule has 0 radical (unpaired) electrons. The number of rotatable bonds is 5. The lowest BCUT2D eigenvalue weighted by Gasteiger charge is -2.04. The predicted molar refractivity (Wildman–Crippen MR) is 61.6 cm³/mol. The highest BCUT2D eigenvalue weighted by Crippen LogP contribution is 2.18. The second-order valence-corrected chi connectivity index (χ2v) is 4.10. The highest BCUT2D eigenvalue weighted by molar-refractivity contribution is 9.10. The average molecular weight is 300 g/mol. The van der Waals surface area contributed by atoms with E-state index in [2.05, 4.69) is 36.4 Å². The van der Waals surface area contributed by atoms with Crippen LogP contribution in [0.25, 0.3) is 0 Å². The van der Waals surface area contributed by atoms with Crippen molar-refractivity contribution < 1.29 is 9.53 Å². The molecular weight excluding hydrogens is 290 g/mol.